The molecule has 3 rings (SSSR count). The minimum Gasteiger partial charge on any atom is -0.379 e. The Kier molecular flexibility index (Phi) is 6.05. The molecular formula is C18H26N4O3S. The highest BCUT2D eigenvalue weighted by Crippen LogP contribution is 2.20. The second-order valence-corrected chi connectivity index (χ2v) is 8.90. The maximum Gasteiger partial charge on any atom is 0.184 e. The molecule has 2 aromatic rings. The molecule has 0 unspecified atom stereocenters. The molecule has 0 aliphatic carbocycles. The first-order valence-electron chi connectivity index (χ1n) is 8.96. The summed E-state index contributed by atoms with van der Waals surface area (Å²) in [7, 11) is -3.42. The zero-order chi connectivity index (χ0) is 18.6. The van der Waals surface area contributed by atoms with Crippen molar-refractivity contribution in [1.29, 1.82) is 0 Å². The van der Waals surface area contributed by atoms with Gasteiger partial charge in [-0.15, -0.1) is 5.10 Å². The van der Waals surface area contributed by atoms with Crippen LogP contribution in [0.5, 0.6) is 0 Å². The number of ether oxygens (including phenoxy) is 1. The van der Waals surface area contributed by atoms with Crippen molar-refractivity contribution in [1.82, 2.24) is 19.9 Å². The van der Waals surface area contributed by atoms with Gasteiger partial charge in [0.05, 0.1) is 30.3 Å². The lowest BCUT2D eigenvalue weighted by Gasteiger charge is -2.26. The van der Waals surface area contributed by atoms with Crippen LogP contribution in [0.15, 0.2) is 35.4 Å². The lowest BCUT2D eigenvalue weighted by molar-refractivity contribution is 0.0359. The van der Waals surface area contributed by atoms with Crippen molar-refractivity contribution in [3.05, 3.63) is 41.7 Å². The fourth-order valence-electron chi connectivity index (χ4n) is 2.92. The van der Waals surface area contributed by atoms with Crippen LogP contribution in [0.4, 0.5) is 0 Å². The number of rotatable bonds is 7. The smallest absolute Gasteiger partial charge is 0.184 e. The number of aromatic nitrogens is 3. The lowest BCUT2D eigenvalue weighted by Crippen LogP contribution is -2.38. The van der Waals surface area contributed by atoms with E-state index >= 15 is 0 Å². The van der Waals surface area contributed by atoms with Crippen LogP contribution in [0.25, 0.3) is 0 Å². The van der Waals surface area contributed by atoms with Gasteiger partial charge in [-0.05, 0) is 23.6 Å². The molecule has 0 spiro atoms. The van der Waals surface area contributed by atoms with E-state index in [-0.39, 0.29) is 5.75 Å². The molecule has 142 valence electrons. The Hall–Kier alpha value is -1.77. The van der Waals surface area contributed by atoms with Crippen LogP contribution in [0, 0.1) is 0 Å². The summed E-state index contributed by atoms with van der Waals surface area (Å²) in [6, 6.07) is 7.09. The van der Waals surface area contributed by atoms with Crippen molar-refractivity contribution in [3.8, 4) is 0 Å². The average molecular weight is 378 g/mol. The fraction of sp³-hybridized carbons (Fsp3) is 0.556. The highest BCUT2D eigenvalue weighted by atomic mass is 32.2. The van der Waals surface area contributed by atoms with Crippen molar-refractivity contribution in [2.75, 3.05) is 32.8 Å². The molecule has 0 radical (unpaired) electrons. The topological polar surface area (TPSA) is 77.3 Å². The molecule has 1 aliphatic rings. The maximum atomic E-state index is 12.6. The monoisotopic (exact) mass is 378 g/mol. The summed E-state index contributed by atoms with van der Waals surface area (Å²) < 4.78 is 32.2. The van der Waals surface area contributed by atoms with Crippen LogP contribution in [-0.2, 0) is 26.9 Å². The molecule has 0 atom stereocenters. The van der Waals surface area contributed by atoms with Gasteiger partial charge >= 0.3 is 0 Å². The Morgan fingerprint density at radius 2 is 1.81 bits per heavy atom. The quantitative estimate of drug-likeness (QED) is 0.730. The molecule has 1 aromatic carbocycles. The molecule has 0 N–H and O–H groups in total. The summed E-state index contributed by atoms with van der Waals surface area (Å²) in [5.74, 6) is 0.240. The average Bonchev–Trinajstić information content (AvgIpc) is 3.07. The lowest BCUT2D eigenvalue weighted by atomic mass is 10.0. The Morgan fingerprint density at radius 1 is 1.12 bits per heavy atom. The SMILES string of the molecule is CC(C)c1ccc(S(=O)(=O)Cc2cn(CCN3CCOCC3)nn2)cc1. The first-order valence-corrected chi connectivity index (χ1v) is 10.6. The van der Waals surface area contributed by atoms with Crippen LogP contribution in [0.3, 0.4) is 0 Å². The molecule has 0 amide bonds. The third-order valence-electron chi connectivity index (χ3n) is 4.58. The Labute approximate surface area is 154 Å². The molecule has 8 heteroatoms. The van der Waals surface area contributed by atoms with Gasteiger partial charge in [-0.2, -0.15) is 0 Å². The number of benzene rings is 1. The van der Waals surface area contributed by atoms with Gasteiger partial charge in [0.25, 0.3) is 0 Å². The van der Waals surface area contributed by atoms with Crippen LogP contribution in [0.2, 0.25) is 0 Å². The Balaban J connectivity index is 1.60. The predicted octanol–water partition coefficient (Wildman–Crippen LogP) is 1.71. The first-order chi connectivity index (χ1) is 12.4. The molecule has 7 nitrogen and oxygen atoms in total. The van der Waals surface area contributed by atoms with E-state index in [9.17, 15) is 8.42 Å². The van der Waals surface area contributed by atoms with Gasteiger partial charge in [0, 0.05) is 25.8 Å². The molecule has 2 heterocycles. The van der Waals surface area contributed by atoms with Gasteiger partial charge in [-0.1, -0.05) is 31.2 Å². The summed E-state index contributed by atoms with van der Waals surface area (Å²) in [6.07, 6.45) is 1.72. The third-order valence-corrected chi connectivity index (χ3v) is 6.25. The zero-order valence-corrected chi connectivity index (χ0v) is 16.2. The summed E-state index contributed by atoms with van der Waals surface area (Å²) in [6.45, 7) is 9.07. The molecule has 26 heavy (non-hydrogen) atoms. The molecule has 0 bridgehead atoms. The normalized spacial score (nSPS) is 16.3. The van der Waals surface area contributed by atoms with Crippen LogP contribution < -0.4 is 0 Å². The van der Waals surface area contributed by atoms with Crippen molar-refractivity contribution in [2.24, 2.45) is 0 Å². The van der Waals surface area contributed by atoms with Crippen molar-refractivity contribution in [3.63, 3.8) is 0 Å². The van der Waals surface area contributed by atoms with Gasteiger partial charge in [0.15, 0.2) is 9.84 Å². The van der Waals surface area contributed by atoms with Crippen molar-refractivity contribution < 1.29 is 13.2 Å². The highest BCUT2D eigenvalue weighted by molar-refractivity contribution is 7.90. The second-order valence-electron chi connectivity index (χ2n) is 6.91. The molecule has 0 saturated carbocycles. The number of hydrogen-bond donors (Lipinski definition) is 0. The van der Waals surface area contributed by atoms with E-state index in [4.69, 9.17) is 4.74 Å². The number of hydrogen-bond acceptors (Lipinski definition) is 6. The first kappa shape index (κ1) is 19.0. The van der Waals surface area contributed by atoms with Crippen molar-refractivity contribution >= 4 is 9.84 Å². The van der Waals surface area contributed by atoms with Gasteiger partial charge < -0.3 is 4.74 Å². The van der Waals surface area contributed by atoms with Gasteiger partial charge in [-0.3, -0.25) is 9.58 Å². The van der Waals surface area contributed by atoms with Crippen LogP contribution in [0.1, 0.15) is 31.0 Å². The minimum atomic E-state index is -3.42. The van der Waals surface area contributed by atoms with E-state index in [0.29, 0.717) is 23.1 Å². The van der Waals surface area contributed by atoms with E-state index in [2.05, 4.69) is 29.1 Å². The van der Waals surface area contributed by atoms with Gasteiger partial charge in [-0.25, -0.2) is 8.42 Å². The standard InChI is InChI=1S/C18H26N4O3S/c1-15(2)16-3-5-18(6-4-16)26(23,24)14-17-13-22(20-19-17)8-7-21-9-11-25-12-10-21/h3-6,13,15H,7-12,14H2,1-2H3. The van der Waals surface area contributed by atoms with Crippen LogP contribution >= 0.6 is 0 Å². The van der Waals surface area contributed by atoms with E-state index in [0.717, 1.165) is 38.4 Å². The minimum absolute atomic E-state index is 0.133. The van der Waals surface area contributed by atoms with Crippen LogP contribution in [-0.4, -0.2) is 61.2 Å². The number of morpholine rings is 1. The highest BCUT2D eigenvalue weighted by Gasteiger charge is 2.18. The van der Waals surface area contributed by atoms with E-state index in [1.54, 1.807) is 23.0 Å². The molecule has 1 saturated heterocycles. The second kappa shape index (κ2) is 8.28. The van der Waals surface area contributed by atoms with E-state index < -0.39 is 9.84 Å². The molecular weight excluding hydrogens is 352 g/mol. The maximum absolute atomic E-state index is 12.6. The Bertz CT molecular complexity index is 809. The fourth-order valence-corrected chi connectivity index (χ4v) is 4.16. The molecule has 1 aromatic heterocycles. The van der Waals surface area contributed by atoms with Crippen molar-refractivity contribution in [2.45, 2.75) is 37.0 Å². The summed E-state index contributed by atoms with van der Waals surface area (Å²) >= 11 is 0. The molecule has 1 aliphatic heterocycles. The van der Waals surface area contributed by atoms with E-state index in [1.165, 1.54) is 0 Å². The largest absolute Gasteiger partial charge is 0.379 e. The van der Waals surface area contributed by atoms with E-state index in [1.807, 2.05) is 12.1 Å². The zero-order valence-electron chi connectivity index (χ0n) is 15.3. The summed E-state index contributed by atoms with van der Waals surface area (Å²) in [5.41, 5.74) is 1.60. The summed E-state index contributed by atoms with van der Waals surface area (Å²) in [5, 5.41) is 8.09. The third kappa shape index (κ3) is 4.90. The predicted molar refractivity (Wildman–Crippen MR) is 98.7 cm³/mol. The van der Waals surface area contributed by atoms with Gasteiger partial charge in [0.2, 0.25) is 0 Å². The number of sulfone groups is 1. The number of nitrogens with zero attached hydrogens (tertiary/aromatic N) is 4. The molecule has 1 fully saturated rings. The summed E-state index contributed by atoms with van der Waals surface area (Å²) in [4.78, 5) is 2.63. The van der Waals surface area contributed by atoms with Gasteiger partial charge in [0.1, 0.15) is 5.75 Å². The Morgan fingerprint density at radius 3 is 2.46 bits per heavy atom.